The van der Waals surface area contributed by atoms with Crippen LogP contribution in [0, 0.1) is 0 Å². The summed E-state index contributed by atoms with van der Waals surface area (Å²) in [5, 5.41) is 10.2. The van der Waals surface area contributed by atoms with Crippen molar-refractivity contribution in [2.75, 3.05) is 39.5 Å². The molecule has 0 aliphatic carbocycles. The molecule has 2 aliphatic heterocycles. The van der Waals surface area contributed by atoms with Crippen molar-refractivity contribution in [1.82, 2.24) is 9.80 Å². The molecule has 2 saturated heterocycles. The summed E-state index contributed by atoms with van der Waals surface area (Å²) >= 11 is 19.5. The molecule has 1 amide bonds. The van der Waals surface area contributed by atoms with Crippen LogP contribution < -0.4 is 4.74 Å². The molecular formula is C30H26Cl2N2O5S2. The molecule has 41 heavy (non-hydrogen) atoms. The zero-order valence-electron chi connectivity index (χ0n) is 21.8. The van der Waals surface area contributed by atoms with E-state index >= 15 is 0 Å². The maximum atomic E-state index is 13.3. The van der Waals surface area contributed by atoms with Gasteiger partial charge < -0.3 is 14.6 Å². The van der Waals surface area contributed by atoms with E-state index in [0.29, 0.717) is 31.6 Å². The molecule has 0 aromatic heterocycles. The molecule has 1 N–H and O–H groups in total. The van der Waals surface area contributed by atoms with Gasteiger partial charge >= 0.3 is 5.97 Å². The number of thiocarbonyl (C=S) groups is 1. The summed E-state index contributed by atoms with van der Waals surface area (Å²) in [5.74, 6) is -0.533. The summed E-state index contributed by atoms with van der Waals surface area (Å²) in [5.41, 5.74) is 3.31. The number of hydrogen-bond donors (Lipinski definition) is 1. The van der Waals surface area contributed by atoms with Crippen LogP contribution in [0.1, 0.15) is 21.5 Å². The largest absolute Gasteiger partial charge is 0.492 e. The summed E-state index contributed by atoms with van der Waals surface area (Å²) < 4.78 is 12.1. The lowest BCUT2D eigenvalue weighted by molar-refractivity contribution is -0.122. The number of rotatable bonds is 9. The summed E-state index contributed by atoms with van der Waals surface area (Å²) in [7, 11) is 0. The first-order valence-corrected chi connectivity index (χ1v) is 14.9. The molecule has 7 nitrogen and oxygen atoms in total. The number of halogens is 2. The highest BCUT2D eigenvalue weighted by Gasteiger charge is 2.32. The molecule has 5 rings (SSSR count). The third-order valence-corrected chi connectivity index (χ3v) is 8.63. The number of ether oxygens (including phenoxy) is 2. The van der Waals surface area contributed by atoms with Crippen molar-refractivity contribution in [3.8, 4) is 16.9 Å². The summed E-state index contributed by atoms with van der Waals surface area (Å²) in [6, 6.07) is 17.4. The number of thioether (sulfide) groups is 1. The summed E-state index contributed by atoms with van der Waals surface area (Å²) in [6.07, 6.45) is 1.80. The minimum absolute atomic E-state index is 0.184. The predicted molar refractivity (Wildman–Crippen MR) is 167 cm³/mol. The Morgan fingerprint density at radius 3 is 2.51 bits per heavy atom. The smallest absolute Gasteiger partial charge is 0.335 e. The Morgan fingerprint density at radius 1 is 1.05 bits per heavy atom. The van der Waals surface area contributed by atoms with Crippen molar-refractivity contribution >= 4 is 69.5 Å². The Kier molecular flexibility index (Phi) is 9.64. The van der Waals surface area contributed by atoms with E-state index in [2.05, 4.69) is 4.90 Å². The fourth-order valence-electron chi connectivity index (χ4n) is 4.51. The minimum atomic E-state index is -1.00. The van der Waals surface area contributed by atoms with Gasteiger partial charge in [0.05, 0.1) is 35.2 Å². The highest BCUT2D eigenvalue weighted by Crippen LogP contribution is 2.39. The molecule has 2 aliphatic rings. The molecule has 11 heteroatoms. The first-order valence-electron chi connectivity index (χ1n) is 12.9. The monoisotopic (exact) mass is 628 g/mol. The van der Waals surface area contributed by atoms with Crippen LogP contribution >= 0.6 is 47.2 Å². The van der Waals surface area contributed by atoms with E-state index in [1.54, 1.807) is 30.3 Å². The van der Waals surface area contributed by atoms with Crippen LogP contribution in [0.25, 0.3) is 17.2 Å². The van der Waals surface area contributed by atoms with Gasteiger partial charge in [-0.1, -0.05) is 71.4 Å². The van der Waals surface area contributed by atoms with E-state index in [9.17, 15) is 9.59 Å². The lowest BCUT2D eigenvalue weighted by Gasteiger charge is -2.26. The lowest BCUT2D eigenvalue weighted by Crippen LogP contribution is -2.38. The van der Waals surface area contributed by atoms with Gasteiger partial charge in [-0.3, -0.25) is 14.6 Å². The number of hydrogen-bond acceptors (Lipinski definition) is 7. The molecule has 2 heterocycles. The minimum Gasteiger partial charge on any atom is -0.492 e. The zero-order valence-corrected chi connectivity index (χ0v) is 25.0. The SMILES string of the molecule is O=C(O)c1ccc(CN2C(=O)/C(=C/c3ccc(OCCN4CCOCC4)c(-c4ccc(Cl)cc4Cl)c3)SC2=S)cc1. The molecule has 0 bridgehead atoms. The highest BCUT2D eigenvalue weighted by atomic mass is 35.5. The van der Waals surface area contributed by atoms with Crippen LogP contribution in [0.2, 0.25) is 10.0 Å². The number of benzene rings is 3. The Morgan fingerprint density at radius 2 is 1.80 bits per heavy atom. The van der Waals surface area contributed by atoms with E-state index in [1.807, 2.05) is 24.3 Å². The fourth-order valence-corrected chi connectivity index (χ4v) is 6.28. The van der Waals surface area contributed by atoms with Gasteiger partial charge in [0, 0.05) is 35.8 Å². The molecule has 3 aromatic rings. The van der Waals surface area contributed by atoms with Crippen molar-refractivity contribution in [3.63, 3.8) is 0 Å². The molecule has 0 saturated carbocycles. The summed E-state index contributed by atoms with van der Waals surface area (Å²) in [4.78, 5) is 28.7. The standard InChI is InChI=1S/C30H26Cl2N2O5S2/c31-22-6-7-23(25(32)17-22)24-15-20(3-8-26(24)39-14-11-33-9-12-38-13-10-33)16-27-28(35)34(30(40)41-27)18-19-1-4-21(5-2-19)29(36)37/h1-8,15-17H,9-14,18H2,(H,36,37)/b27-16-. The van der Waals surface area contributed by atoms with Gasteiger partial charge in [0.15, 0.2) is 0 Å². The quantitative estimate of drug-likeness (QED) is 0.213. The van der Waals surface area contributed by atoms with Crippen LogP contribution in [-0.4, -0.2) is 70.6 Å². The second kappa shape index (κ2) is 13.4. The number of carboxylic acid groups (broad SMARTS) is 1. The van der Waals surface area contributed by atoms with Crippen LogP contribution in [-0.2, 0) is 16.1 Å². The third-order valence-electron chi connectivity index (χ3n) is 6.71. The van der Waals surface area contributed by atoms with Crippen molar-refractivity contribution in [3.05, 3.63) is 92.3 Å². The molecule has 212 valence electrons. The topological polar surface area (TPSA) is 79.3 Å². The first-order chi connectivity index (χ1) is 19.8. The average Bonchev–Trinajstić information content (AvgIpc) is 3.22. The van der Waals surface area contributed by atoms with Gasteiger partial charge in [0.25, 0.3) is 5.91 Å². The Labute approximate surface area is 257 Å². The maximum absolute atomic E-state index is 13.3. The van der Waals surface area contributed by atoms with Crippen molar-refractivity contribution in [2.45, 2.75) is 6.54 Å². The van der Waals surface area contributed by atoms with Crippen LogP contribution in [0.15, 0.2) is 65.6 Å². The van der Waals surface area contributed by atoms with Crippen LogP contribution in [0.3, 0.4) is 0 Å². The number of morpholine rings is 1. The average molecular weight is 630 g/mol. The molecular weight excluding hydrogens is 603 g/mol. The Bertz CT molecular complexity index is 1510. The lowest BCUT2D eigenvalue weighted by atomic mass is 10.0. The molecule has 0 radical (unpaired) electrons. The Hall–Kier alpha value is -2.92. The second-order valence-electron chi connectivity index (χ2n) is 9.45. The molecule has 0 atom stereocenters. The number of nitrogens with zero attached hydrogens (tertiary/aromatic N) is 2. The van der Waals surface area contributed by atoms with Crippen LogP contribution in [0.4, 0.5) is 0 Å². The molecule has 3 aromatic carbocycles. The molecule has 2 fully saturated rings. The normalized spacial score (nSPS) is 16.9. The molecule has 0 spiro atoms. The zero-order chi connectivity index (χ0) is 28.9. The van der Waals surface area contributed by atoms with Crippen molar-refractivity contribution < 1.29 is 24.2 Å². The maximum Gasteiger partial charge on any atom is 0.335 e. The van der Waals surface area contributed by atoms with Gasteiger partial charge in [0.2, 0.25) is 0 Å². The Balaban J connectivity index is 1.37. The predicted octanol–water partition coefficient (Wildman–Crippen LogP) is 6.47. The van der Waals surface area contributed by atoms with Crippen molar-refractivity contribution in [2.24, 2.45) is 0 Å². The van der Waals surface area contributed by atoms with Gasteiger partial charge in [0.1, 0.15) is 16.7 Å². The third kappa shape index (κ3) is 7.30. The van der Waals surface area contributed by atoms with E-state index < -0.39 is 5.97 Å². The number of carboxylic acids is 1. The van der Waals surface area contributed by atoms with Gasteiger partial charge in [-0.25, -0.2) is 4.79 Å². The van der Waals surface area contributed by atoms with E-state index in [1.165, 1.54) is 28.8 Å². The van der Waals surface area contributed by atoms with Gasteiger partial charge in [-0.15, -0.1) is 0 Å². The van der Waals surface area contributed by atoms with Crippen LogP contribution in [0.5, 0.6) is 5.75 Å². The van der Waals surface area contributed by atoms with Gasteiger partial charge in [-0.05, 0) is 53.6 Å². The number of carbonyl (C=O) groups is 2. The van der Waals surface area contributed by atoms with Gasteiger partial charge in [-0.2, -0.15) is 0 Å². The van der Waals surface area contributed by atoms with Crippen molar-refractivity contribution in [1.29, 1.82) is 0 Å². The number of carbonyl (C=O) groups excluding carboxylic acids is 1. The van der Waals surface area contributed by atoms with E-state index in [0.717, 1.165) is 55.1 Å². The van der Waals surface area contributed by atoms with E-state index in [4.69, 9.17) is 50.0 Å². The highest BCUT2D eigenvalue weighted by molar-refractivity contribution is 8.26. The molecule has 0 unspecified atom stereocenters. The number of amides is 1. The fraction of sp³-hybridized carbons (Fsp3) is 0.233. The summed E-state index contributed by atoms with van der Waals surface area (Å²) in [6.45, 7) is 4.74. The number of aromatic carboxylic acids is 1. The first kappa shape index (κ1) is 29.6. The van der Waals surface area contributed by atoms with E-state index in [-0.39, 0.29) is 18.0 Å². The second-order valence-corrected chi connectivity index (χ2v) is 12.0.